The predicted octanol–water partition coefficient (Wildman–Crippen LogP) is 4.38. The molecule has 0 aliphatic heterocycles. The Labute approximate surface area is 166 Å². The Balaban J connectivity index is 1.60. The van der Waals surface area contributed by atoms with E-state index in [1.165, 1.54) is 6.07 Å². The van der Waals surface area contributed by atoms with Crippen molar-refractivity contribution in [3.63, 3.8) is 0 Å². The molecule has 0 radical (unpaired) electrons. The van der Waals surface area contributed by atoms with Crippen LogP contribution >= 0.6 is 23.2 Å². The van der Waals surface area contributed by atoms with Gasteiger partial charge in [-0.05, 0) is 42.0 Å². The van der Waals surface area contributed by atoms with Crippen molar-refractivity contribution in [2.45, 2.75) is 13.0 Å². The Hall–Kier alpha value is -2.76. The summed E-state index contributed by atoms with van der Waals surface area (Å²) in [6, 6.07) is 18.1. The van der Waals surface area contributed by atoms with Gasteiger partial charge in [0.15, 0.2) is 6.10 Å². The zero-order chi connectivity index (χ0) is 19.4. The van der Waals surface area contributed by atoms with Crippen LogP contribution < -0.4 is 15.6 Å². The van der Waals surface area contributed by atoms with Crippen molar-refractivity contribution in [2.24, 2.45) is 0 Å². The molecule has 3 aromatic carbocycles. The van der Waals surface area contributed by atoms with Crippen molar-refractivity contribution in [3.05, 3.63) is 76.3 Å². The smallest absolute Gasteiger partial charge is 0.279 e. The largest absolute Gasteiger partial charge is 0.481 e. The average molecular weight is 403 g/mol. The quantitative estimate of drug-likeness (QED) is 0.636. The van der Waals surface area contributed by atoms with Crippen LogP contribution in [0.3, 0.4) is 0 Å². The molecule has 1 atom stereocenters. The molecule has 3 aromatic rings. The van der Waals surface area contributed by atoms with Gasteiger partial charge in [-0.2, -0.15) is 0 Å². The van der Waals surface area contributed by atoms with E-state index in [4.69, 9.17) is 27.9 Å². The van der Waals surface area contributed by atoms with E-state index in [1.54, 1.807) is 25.1 Å². The monoisotopic (exact) mass is 402 g/mol. The normalized spacial score (nSPS) is 11.7. The van der Waals surface area contributed by atoms with Crippen LogP contribution in [0.5, 0.6) is 5.75 Å². The summed E-state index contributed by atoms with van der Waals surface area (Å²) in [7, 11) is 0. The van der Waals surface area contributed by atoms with Gasteiger partial charge in [-0.15, -0.1) is 0 Å². The van der Waals surface area contributed by atoms with Crippen LogP contribution in [0.2, 0.25) is 10.0 Å². The van der Waals surface area contributed by atoms with Gasteiger partial charge in [-0.25, -0.2) is 0 Å². The molecule has 0 saturated carbocycles. The van der Waals surface area contributed by atoms with E-state index in [-0.39, 0.29) is 15.6 Å². The Morgan fingerprint density at radius 2 is 1.67 bits per heavy atom. The summed E-state index contributed by atoms with van der Waals surface area (Å²) in [6.07, 6.45) is -0.818. The van der Waals surface area contributed by atoms with Crippen LogP contribution in [0.25, 0.3) is 10.8 Å². The first kappa shape index (κ1) is 19.0. The number of benzene rings is 3. The molecule has 0 aliphatic rings. The lowest BCUT2D eigenvalue weighted by Crippen LogP contribution is -2.47. The third kappa shape index (κ3) is 4.51. The van der Waals surface area contributed by atoms with E-state index < -0.39 is 17.9 Å². The second-order valence-corrected chi connectivity index (χ2v) is 6.60. The van der Waals surface area contributed by atoms with Crippen molar-refractivity contribution in [1.29, 1.82) is 0 Å². The summed E-state index contributed by atoms with van der Waals surface area (Å²) >= 11 is 11.9. The molecule has 0 aliphatic carbocycles. The zero-order valence-corrected chi connectivity index (χ0v) is 15.8. The molecule has 2 amide bonds. The molecule has 5 nitrogen and oxygen atoms in total. The number of hydrogen-bond donors (Lipinski definition) is 2. The predicted molar refractivity (Wildman–Crippen MR) is 106 cm³/mol. The summed E-state index contributed by atoms with van der Waals surface area (Å²) in [6.45, 7) is 1.59. The number of nitrogens with one attached hydrogen (secondary N) is 2. The minimum Gasteiger partial charge on any atom is -0.481 e. The molecule has 0 bridgehead atoms. The molecule has 0 spiro atoms. The molecule has 1 unspecified atom stereocenters. The number of amides is 2. The van der Waals surface area contributed by atoms with Crippen molar-refractivity contribution >= 4 is 45.8 Å². The lowest BCUT2D eigenvalue weighted by atomic mass is 10.1. The molecule has 138 valence electrons. The number of halogens is 2. The van der Waals surface area contributed by atoms with Gasteiger partial charge in [0.2, 0.25) is 0 Å². The maximum atomic E-state index is 12.2. The number of carbonyl (C=O) groups is 2. The highest BCUT2D eigenvalue weighted by Gasteiger charge is 2.17. The van der Waals surface area contributed by atoms with Crippen LogP contribution in [0.1, 0.15) is 17.3 Å². The Morgan fingerprint density at radius 3 is 2.44 bits per heavy atom. The second kappa shape index (κ2) is 8.29. The fraction of sp³-hybridized carbons (Fsp3) is 0.100. The zero-order valence-electron chi connectivity index (χ0n) is 14.3. The van der Waals surface area contributed by atoms with Crippen LogP contribution in [0, 0.1) is 0 Å². The molecular weight excluding hydrogens is 387 g/mol. The Kier molecular flexibility index (Phi) is 5.84. The molecule has 2 N–H and O–H groups in total. The fourth-order valence-corrected chi connectivity index (χ4v) is 2.85. The highest BCUT2D eigenvalue weighted by atomic mass is 35.5. The van der Waals surface area contributed by atoms with E-state index in [1.807, 2.05) is 36.4 Å². The van der Waals surface area contributed by atoms with E-state index in [9.17, 15) is 9.59 Å². The Bertz CT molecular complexity index is 1010. The first-order valence-corrected chi connectivity index (χ1v) is 8.91. The van der Waals surface area contributed by atoms with Crippen LogP contribution in [0.15, 0.2) is 60.7 Å². The van der Waals surface area contributed by atoms with Crippen molar-refractivity contribution in [3.8, 4) is 5.75 Å². The van der Waals surface area contributed by atoms with Gasteiger partial charge in [0.05, 0.1) is 15.6 Å². The van der Waals surface area contributed by atoms with Crippen LogP contribution in [0.4, 0.5) is 0 Å². The van der Waals surface area contributed by atoms with Gasteiger partial charge in [0.25, 0.3) is 11.8 Å². The van der Waals surface area contributed by atoms with Crippen molar-refractivity contribution < 1.29 is 14.3 Å². The van der Waals surface area contributed by atoms with E-state index >= 15 is 0 Å². The van der Waals surface area contributed by atoms with Crippen molar-refractivity contribution in [2.75, 3.05) is 0 Å². The Morgan fingerprint density at radius 1 is 0.926 bits per heavy atom. The minimum absolute atomic E-state index is 0.117. The van der Waals surface area contributed by atoms with Gasteiger partial charge in [0.1, 0.15) is 5.75 Å². The van der Waals surface area contributed by atoms with E-state index in [2.05, 4.69) is 10.9 Å². The number of rotatable bonds is 4. The summed E-state index contributed by atoms with van der Waals surface area (Å²) in [5, 5.41) is 2.45. The van der Waals surface area contributed by atoms with Gasteiger partial charge in [-0.1, -0.05) is 59.6 Å². The number of ether oxygens (including phenoxy) is 1. The first-order valence-electron chi connectivity index (χ1n) is 8.15. The fourth-order valence-electron chi connectivity index (χ4n) is 2.46. The van der Waals surface area contributed by atoms with E-state index in [0.29, 0.717) is 5.75 Å². The molecule has 0 heterocycles. The minimum atomic E-state index is -0.818. The lowest BCUT2D eigenvalue weighted by Gasteiger charge is -2.16. The lowest BCUT2D eigenvalue weighted by molar-refractivity contribution is -0.128. The molecule has 3 rings (SSSR count). The standard InChI is InChI=1S/C20H16Cl2N2O3/c1-12(27-15-10-9-13-5-2-3-6-14(13)11-15)19(25)23-24-20(26)16-7-4-8-17(21)18(16)22/h2-12H,1H3,(H,23,25)(H,24,26). The third-order valence-corrected chi connectivity index (χ3v) is 4.72. The average Bonchev–Trinajstić information content (AvgIpc) is 2.67. The molecular formula is C20H16Cl2N2O3. The summed E-state index contributed by atoms with van der Waals surface area (Å²) in [5.41, 5.74) is 4.78. The van der Waals surface area contributed by atoms with Crippen LogP contribution in [-0.4, -0.2) is 17.9 Å². The van der Waals surface area contributed by atoms with E-state index in [0.717, 1.165) is 10.8 Å². The van der Waals surface area contributed by atoms with Gasteiger partial charge >= 0.3 is 0 Å². The maximum absolute atomic E-state index is 12.2. The molecule has 0 saturated heterocycles. The van der Waals surface area contributed by atoms with Crippen LogP contribution in [-0.2, 0) is 4.79 Å². The number of fused-ring (bicyclic) bond motifs is 1. The maximum Gasteiger partial charge on any atom is 0.279 e. The first-order chi connectivity index (χ1) is 13.0. The van der Waals surface area contributed by atoms with Gasteiger partial charge in [0, 0.05) is 0 Å². The second-order valence-electron chi connectivity index (χ2n) is 5.81. The summed E-state index contributed by atoms with van der Waals surface area (Å²) in [4.78, 5) is 24.3. The highest BCUT2D eigenvalue weighted by molar-refractivity contribution is 6.43. The highest BCUT2D eigenvalue weighted by Crippen LogP contribution is 2.25. The van der Waals surface area contributed by atoms with Crippen molar-refractivity contribution in [1.82, 2.24) is 10.9 Å². The number of carbonyl (C=O) groups excluding carboxylic acids is 2. The molecule has 0 aromatic heterocycles. The summed E-state index contributed by atoms with van der Waals surface area (Å²) in [5.74, 6) is -0.524. The third-order valence-electron chi connectivity index (χ3n) is 3.90. The molecule has 0 fully saturated rings. The number of hydrogen-bond acceptors (Lipinski definition) is 3. The molecule has 7 heteroatoms. The van der Waals surface area contributed by atoms with Gasteiger partial charge < -0.3 is 4.74 Å². The number of hydrazine groups is 1. The SMILES string of the molecule is CC(Oc1ccc2ccccc2c1)C(=O)NNC(=O)c1cccc(Cl)c1Cl. The topological polar surface area (TPSA) is 67.4 Å². The van der Waals surface area contributed by atoms with Gasteiger partial charge in [-0.3, -0.25) is 20.4 Å². The molecule has 27 heavy (non-hydrogen) atoms. The summed E-state index contributed by atoms with van der Waals surface area (Å²) < 4.78 is 5.65.